The summed E-state index contributed by atoms with van der Waals surface area (Å²) in [6.07, 6.45) is 0.684. The first-order valence-corrected chi connectivity index (χ1v) is 13.7. The molecule has 0 saturated carbocycles. The molecule has 1 rings (SSSR count). The van der Waals surface area contributed by atoms with Crippen LogP contribution in [0.5, 0.6) is 0 Å². The van der Waals surface area contributed by atoms with E-state index in [0.717, 1.165) is 5.56 Å². The fraction of sp³-hybridized carbons (Fsp3) is 0.655. The fourth-order valence-corrected chi connectivity index (χ4v) is 4.19. The number of carbonyl (C=O) groups is 4. The number of hydrogen-bond acceptors (Lipinski definition) is 5. The lowest BCUT2D eigenvalue weighted by Crippen LogP contribution is -2.61. The maximum Gasteiger partial charge on any atom is 0.243 e. The Hall–Kier alpha value is -2.94. The second-order valence-electron chi connectivity index (χ2n) is 11.2. The summed E-state index contributed by atoms with van der Waals surface area (Å²) < 4.78 is 0. The van der Waals surface area contributed by atoms with Crippen molar-refractivity contribution >= 4 is 23.6 Å². The average molecular weight is 532 g/mol. The first kappa shape index (κ1) is 33.1. The zero-order valence-corrected chi connectivity index (χ0v) is 24.6. The summed E-state index contributed by atoms with van der Waals surface area (Å²) in [4.78, 5) is 52.2. The van der Waals surface area contributed by atoms with Gasteiger partial charge in [0.05, 0.1) is 6.04 Å². The van der Waals surface area contributed by atoms with E-state index < -0.39 is 36.0 Å². The normalized spacial score (nSPS) is 14.7. The molecule has 0 saturated heterocycles. The summed E-state index contributed by atoms with van der Waals surface area (Å²) in [5.74, 6) is -1.96. The van der Waals surface area contributed by atoms with Gasteiger partial charge in [0.2, 0.25) is 23.6 Å². The highest BCUT2D eigenvalue weighted by Gasteiger charge is 2.34. The van der Waals surface area contributed by atoms with Crippen molar-refractivity contribution in [3.05, 3.63) is 35.9 Å². The predicted octanol–water partition coefficient (Wildman–Crippen LogP) is 2.01. The quantitative estimate of drug-likeness (QED) is 0.237. The maximum absolute atomic E-state index is 13.3. The van der Waals surface area contributed by atoms with E-state index in [2.05, 4.69) is 26.6 Å². The van der Waals surface area contributed by atoms with Crippen LogP contribution in [0, 0.1) is 23.7 Å². The Morgan fingerprint density at radius 2 is 0.947 bits per heavy atom. The van der Waals surface area contributed by atoms with Gasteiger partial charge in [-0.05, 0) is 42.7 Å². The molecular formula is C29H49N5O4. The van der Waals surface area contributed by atoms with Crippen molar-refractivity contribution in [2.24, 2.45) is 23.7 Å². The van der Waals surface area contributed by atoms with E-state index in [9.17, 15) is 19.2 Å². The topological polar surface area (TPSA) is 128 Å². The van der Waals surface area contributed by atoms with E-state index in [1.807, 2.05) is 85.7 Å². The number of rotatable bonds is 15. The Bertz CT molecular complexity index is 901. The maximum atomic E-state index is 13.3. The van der Waals surface area contributed by atoms with Crippen LogP contribution in [0.3, 0.4) is 0 Å². The van der Waals surface area contributed by atoms with Gasteiger partial charge < -0.3 is 26.6 Å². The van der Waals surface area contributed by atoms with Crippen molar-refractivity contribution in [2.45, 2.75) is 86.0 Å². The van der Waals surface area contributed by atoms with Gasteiger partial charge in [-0.3, -0.25) is 19.2 Å². The van der Waals surface area contributed by atoms with Crippen LogP contribution in [0.2, 0.25) is 0 Å². The van der Waals surface area contributed by atoms with Gasteiger partial charge in [-0.2, -0.15) is 0 Å². The molecule has 0 aliphatic rings. The van der Waals surface area contributed by atoms with Gasteiger partial charge in [0.1, 0.15) is 18.1 Å². The molecule has 214 valence electrons. The molecule has 9 heteroatoms. The first-order chi connectivity index (χ1) is 17.8. The van der Waals surface area contributed by atoms with Gasteiger partial charge in [-0.15, -0.1) is 0 Å². The van der Waals surface area contributed by atoms with Crippen LogP contribution < -0.4 is 26.6 Å². The van der Waals surface area contributed by atoms with Crippen LogP contribution in [0.25, 0.3) is 0 Å². The van der Waals surface area contributed by atoms with E-state index in [0.29, 0.717) is 13.0 Å². The standard InChI is InChI=1S/C29H49N5O4/c1-17(2)22(30-9)27(36)33-24(19(5)6)29(38)34-25(20(7)8)28(37)32-23(18(3)4)26(35)31-16-15-21-13-11-10-12-14-21/h10-14,17-20,22-25,30H,15-16H2,1-9H3,(H,31,35)(H,32,37)(H,33,36)(H,34,38)/t22-,23-,24-,25-/m0/s1. The average Bonchev–Trinajstić information content (AvgIpc) is 2.84. The van der Waals surface area contributed by atoms with E-state index in [4.69, 9.17) is 0 Å². The highest BCUT2D eigenvalue weighted by molar-refractivity contribution is 5.95. The second-order valence-corrected chi connectivity index (χ2v) is 11.2. The molecule has 5 N–H and O–H groups in total. The number of amides is 4. The monoisotopic (exact) mass is 531 g/mol. The van der Waals surface area contributed by atoms with Crippen LogP contribution in [0.1, 0.15) is 61.0 Å². The van der Waals surface area contributed by atoms with Crippen LogP contribution in [0.15, 0.2) is 30.3 Å². The van der Waals surface area contributed by atoms with Crippen LogP contribution in [-0.4, -0.2) is 61.4 Å². The van der Waals surface area contributed by atoms with Gasteiger partial charge in [-0.25, -0.2) is 0 Å². The molecule has 0 fully saturated rings. The van der Waals surface area contributed by atoms with Crippen LogP contribution in [-0.2, 0) is 25.6 Å². The summed E-state index contributed by atoms with van der Waals surface area (Å²) in [5.41, 5.74) is 1.11. The van der Waals surface area contributed by atoms with Gasteiger partial charge in [-0.1, -0.05) is 85.7 Å². The fourth-order valence-electron chi connectivity index (χ4n) is 4.19. The Balaban J connectivity index is 2.88. The summed E-state index contributed by atoms with van der Waals surface area (Å²) >= 11 is 0. The molecule has 0 bridgehead atoms. The number of carbonyl (C=O) groups excluding carboxylic acids is 4. The molecule has 0 aliphatic heterocycles. The second kappa shape index (κ2) is 16.1. The lowest BCUT2D eigenvalue weighted by atomic mass is 9.97. The van der Waals surface area contributed by atoms with Gasteiger partial charge in [0, 0.05) is 6.54 Å². The minimum Gasteiger partial charge on any atom is -0.354 e. The predicted molar refractivity (Wildman–Crippen MR) is 151 cm³/mol. The molecule has 0 aliphatic carbocycles. The summed E-state index contributed by atoms with van der Waals surface area (Å²) in [6, 6.07) is 6.97. The molecule has 9 nitrogen and oxygen atoms in total. The Kier molecular flexibility index (Phi) is 14.0. The van der Waals surface area contributed by atoms with E-state index in [1.54, 1.807) is 7.05 Å². The molecule has 0 heterocycles. The lowest BCUT2D eigenvalue weighted by Gasteiger charge is -2.30. The molecule has 0 aromatic heterocycles. The first-order valence-electron chi connectivity index (χ1n) is 13.7. The zero-order chi connectivity index (χ0) is 29.0. The third-order valence-corrected chi connectivity index (χ3v) is 6.56. The molecule has 4 atom stereocenters. The molecule has 4 amide bonds. The van der Waals surface area contributed by atoms with Gasteiger partial charge in [0.25, 0.3) is 0 Å². The molecule has 0 radical (unpaired) electrons. The molecule has 0 unspecified atom stereocenters. The molecule has 1 aromatic rings. The van der Waals surface area contributed by atoms with Crippen molar-refractivity contribution in [1.29, 1.82) is 0 Å². The third-order valence-electron chi connectivity index (χ3n) is 6.56. The Morgan fingerprint density at radius 3 is 1.32 bits per heavy atom. The molecule has 0 spiro atoms. The Morgan fingerprint density at radius 1 is 0.579 bits per heavy atom. The number of likely N-dealkylation sites (N-methyl/N-ethyl adjacent to an activating group) is 1. The van der Waals surface area contributed by atoms with E-state index >= 15 is 0 Å². The summed E-state index contributed by atoms with van der Waals surface area (Å²) in [5, 5.41) is 14.4. The minimum atomic E-state index is -0.871. The smallest absolute Gasteiger partial charge is 0.243 e. The van der Waals surface area contributed by atoms with Crippen molar-refractivity contribution in [1.82, 2.24) is 26.6 Å². The van der Waals surface area contributed by atoms with Crippen molar-refractivity contribution in [3.8, 4) is 0 Å². The van der Waals surface area contributed by atoms with Crippen molar-refractivity contribution in [2.75, 3.05) is 13.6 Å². The SMILES string of the molecule is CN[C@H](C(=O)N[C@H](C(=O)N[C@H](C(=O)N[C@H](C(=O)NCCc1ccccc1)C(C)C)C(C)C)C(C)C)C(C)C. The largest absolute Gasteiger partial charge is 0.354 e. The highest BCUT2D eigenvalue weighted by Crippen LogP contribution is 2.10. The summed E-state index contributed by atoms with van der Waals surface area (Å²) in [6.45, 7) is 15.4. The zero-order valence-electron chi connectivity index (χ0n) is 24.6. The Labute approximate surface area is 228 Å². The lowest BCUT2D eigenvalue weighted by molar-refractivity contribution is -0.136. The number of benzene rings is 1. The molecule has 38 heavy (non-hydrogen) atoms. The minimum absolute atomic E-state index is 0.0388. The number of hydrogen-bond donors (Lipinski definition) is 5. The molecule has 1 aromatic carbocycles. The van der Waals surface area contributed by atoms with Crippen molar-refractivity contribution in [3.63, 3.8) is 0 Å². The van der Waals surface area contributed by atoms with Crippen LogP contribution >= 0.6 is 0 Å². The molecular weight excluding hydrogens is 482 g/mol. The van der Waals surface area contributed by atoms with E-state index in [-0.39, 0.29) is 35.5 Å². The van der Waals surface area contributed by atoms with Gasteiger partial charge in [0.15, 0.2) is 0 Å². The van der Waals surface area contributed by atoms with Crippen LogP contribution in [0.4, 0.5) is 0 Å². The summed E-state index contributed by atoms with van der Waals surface area (Å²) in [7, 11) is 1.71. The number of nitrogens with one attached hydrogen (secondary N) is 5. The third kappa shape index (κ3) is 10.4. The highest BCUT2D eigenvalue weighted by atomic mass is 16.2. The van der Waals surface area contributed by atoms with Crippen molar-refractivity contribution < 1.29 is 19.2 Å². The van der Waals surface area contributed by atoms with E-state index in [1.165, 1.54) is 0 Å². The van der Waals surface area contributed by atoms with Gasteiger partial charge >= 0.3 is 0 Å².